The Hall–Kier alpha value is -2.48. The molecule has 7 nitrogen and oxygen atoms in total. The summed E-state index contributed by atoms with van der Waals surface area (Å²) in [7, 11) is 0. The van der Waals surface area contributed by atoms with Crippen LogP contribution in [0.2, 0.25) is 0 Å². The van der Waals surface area contributed by atoms with Gasteiger partial charge in [0, 0.05) is 17.6 Å². The van der Waals surface area contributed by atoms with E-state index in [9.17, 15) is 9.59 Å². The molecule has 3 rings (SSSR count). The lowest BCUT2D eigenvalue weighted by Gasteiger charge is -2.05. The van der Waals surface area contributed by atoms with Gasteiger partial charge in [0.2, 0.25) is 0 Å². The molecule has 23 heavy (non-hydrogen) atoms. The van der Waals surface area contributed by atoms with E-state index < -0.39 is 5.97 Å². The number of anilines is 2. The zero-order valence-electron chi connectivity index (χ0n) is 12.5. The molecule has 1 amide bonds. The average molecular weight is 332 g/mol. The van der Waals surface area contributed by atoms with Crippen LogP contribution in [0.5, 0.6) is 0 Å². The predicted octanol–water partition coefficient (Wildman–Crippen LogP) is 2.54. The first-order valence-electron chi connectivity index (χ1n) is 7.32. The van der Waals surface area contributed by atoms with Crippen molar-refractivity contribution in [2.75, 3.05) is 17.2 Å². The maximum Gasteiger partial charge on any atom is 0.357 e. The summed E-state index contributed by atoms with van der Waals surface area (Å²) in [5.41, 5.74) is 0.619. The number of carbonyl (C=O) groups is 2. The molecular formula is C15H16N4O3S. The third-order valence-corrected chi connectivity index (χ3v) is 3.92. The molecule has 0 unspecified atom stereocenters. The van der Waals surface area contributed by atoms with Gasteiger partial charge in [-0.1, -0.05) is 0 Å². The van der Waals surface area contributed by atoms with Gasteiger partial charge in [0.25, 0.3) is 5.91 Å². The summed E-state index contributed by atoms with van der Waals surface area (Å²) in [6.45, 7) is 2.01. The van der Waals surface area contributed by atoms with Gasteiger partial charge in [-0.2, -0.15) is 0 Å². The second-order valence-electron chi connectivity index (χ2n) is 5.06. The normalized spacial score (nSPS) is 13.4. The van der Waals surface area contributed by atoms with E-state index in [0.717, 1.165) is 18.7 Å². The van der Waals surface area contributed by atoms with Gasteiger partial charge in [0.1, 0.15) is 5.82 Å². The fourth-order valence-corrected chi connectivity index (χ4v) is 2.52. The van der Waals surface area contributed by atoms with Crippen molar-refractivity contribution in [3.63, 3.8) is 0 Å². The largest absolute Gasteiger partial charge is 0.461 e. The highest BCUT2D eigenvalue weighted by Gasteiger charge is 2.21. The molecule has 1 aliphatic rings. The van der Waals surface area contributed by atoms with Crippen LogP contribution in [-0.4, -0.2) is 34.5 Å². The lowest BCUT2D eigenvalue weighted by atomic mass is 10.2. The zero-order chi connectivity index (χ0) is 16.2. The molecule has 8 heteroatoms. The molecule has 1 aliphatic carbocycles. The minimum atomic E-state index is -0.499. The number of aromatic nitrogens is 2. The van der Waals surface area contributed by atoms with Crippen molar-refractivity contribution < 1.29 is 14.3 Å². The van der Waals surface area contributed by atoms with Gasteiger partial charge in [-0.25, -0.2) is 14.8 Å². The van der Waals surface area contributed by atoms with E-state index in [-0.39, 0.29) is 18.2 Å². The number of amides is 1. The summed E-state index contributed by atoms with van der Waals surface area (Å²) in [4.78, 5) is 31.9. The molecule has 2 aromatic rings. The van der Waals surface area contributed by atoms with E-state index in [1.54, 1.807) is 24.4 Å². The molecular weight excluding hydrogens is 316 g/mol. The van der Waals surface area contributed by atoms with Crippen LogP contribution >= 0.6 is 11.3 Å². The number of rotatable bonds is 6. The van der Waals surface area contributed by atoms with Crippen molar-refractivity contribution in [1.82, 2.24) is 9.97 Å². The summed E-state index contributed by atoms with van der Waals surface area (Å²) in [6, 6.07) is 3.99. The monoisotopic (exact) mass is 332 g/mol. The van der Waals surface area contributed by atoms with E-state index in [0.29, 0.717) is 16.7 Å². The van der Waals surface area contributed by atoms with Crippen LogP contribution in [0.3, 0.4) is 0 Å². The number of pyridine rings is 1. The molecule has 0 bridgehead atoms. The molecule has 0 spiro atoms. The summed E-state index contributed by atoms with van der Waals surface area (Å²) >= 11 is 1.17. The fourth-order valence-electron chi connectivity index (χ4n) is 1.85. The summed E-state index contributed by atoms with van der Waals surface area (Å²) < 4.78 is 4.86. The van der Waals surface area contributed by atoms with Crippen LogP contribution in [0.1, 0.15) is 40.6 Å². The van der Waals surface area contributed by atoms with Crippen molar-refractivity contribution in [2.24, 2.45) is 0 Å². The van der Waals surface area contributed by atoms with E-state index in [1.807, 2.05) is 0 Å². The molecule has 0 radical (unpaired) electrons. The minimum Gasteiger partial charge on any atom is -0.461 e. The number of ether oxygens (including phenoxy) is 1. The summed E-state index contributed by atoms with van der Waals surface area (Å²) in [5, 5.41) is 7.80. The van der Waals surface area contributed by atoms with Crippen LogP contribution in [0.15, 0.2) is 23.7 Å². The Morgan fingerprint density at radius 3 is 2.87 bits per heavy atom. The molecule has 1 fully saturated rings. The van der Waals surface area contributed by atoms with E-state index in [2.05, 4.69) is 20.6 Å². The van der Waals surface area contributed by atoms with Gasteiger partial charge in [0.05, 0.1) is 12.2 Å². The summed E-state index contributed by atoms with van der Waals surface area (Å²) in [5.74, 6) is -0.0513. The molecule has 2 aromatic heterocycles. The van der Waals surface area contributed by atoms with Crippen LogP contribution < -0.4 is 10.6 Å². The molecule has 2 N–H and O–H groups in total. The Kier molecular flexibility index (Phi) is 4.52. The SMILES string of the molecule is CCOC(=O)c1csc(NC(=O)c2ccc(NC3CC3)nc2)n1. The number of carbonyl (C=O) groups excluding carboxylic acids is 2. The highest BCUT2D eigenvalue weighted by molar-refractivity contribution is 7.14. The molecule has 0 aromatic carbocycles. The topological polar surface area (TPSA) is 93.2 Å². The molecule has 0 atom stereocenters. The molecule has 0 aliphatic heterocycles. The first kappa shape index (κ1) is 15.4. The van der Waals surface area contributed by atoms with Gasteiger partial charge >= 0.3 is 5.97 Å². The first-order chi connectivity index (χ1) is 11.2. The lowest BCUT2D eigenvalue weighted by molar-refractivity contribution is 0.0520. The lowest BCUT2D eigenvalue weighted by Crippen LogP contribution is -2.13. The van der Waals surface area contributed by atoms with Gasteiger partial charge in [-0.05, 0) is 31.9 Å². The standard InChI is InChI=1S/C15H16N4O3S/c1-2-22-14(21)11-8-23-15(18-11)19-13(20)9-3-6-12(16-7-9)17-10-4-5-10/h3,6-8,10H,2,4-5H2,1H3,(H,16,17)(H,18,19,20). The van der Waals surface area contributed by atoms with Gasteiger partial charge in [-0.3, -0.25) is 10.1 Å². The Morgan fingerprint density at radius 1 is 1.39 bits per heavy atom. The Labute approximate surface area is 137 Å². The average Bonchev–Trinajstić information content (AvgIpc) is 3.23. The van der Waals surface area contributed by atoms with Crippen molar-refractivity contribution >= 4 is 34.2 Å². The number of nitrogens with zero attached hydrogens (tertiary/aromatic N) is 2. The second kappa shape index (κ2) is 6.74. The maximum atomic E-state index is 12.1. The van der Waals surface area contributed by atoms with E-state index >= 15 is 0 Å². The molecule has 120 valence electrons. The Morgan fingerprint density at radius 2 is 2.22 bits per heavy atom. The van der Waals surface area contributed by atoms with Gasteiger partial charge in [-0.15, -0.1) is 11.3 Å². The molecule has 1 saturated carbocycles. The van der Waals surface area contributed by atoms with Crippen LogP contribution in [0, 0.1) is 0 Å². The van der Waals surface area contributed by atoms with Crippen LogP contribution in [0.4, 0.5) is 10.9 Å². The van der Waals surface area contributed by atoms with Crippen LogP contribution in [0.25, 0.3) is 0 Å². The van der Waals surface area contributed by atoms with Crippen molar-refractivity contribution in [1.29, 1.82) is 0 Å². The van der Waals surface area contributed by atoms with E-state index in [1.165, 1.54) is 17.5 Å². The number of thiazole rings is 1. The Bertz CT molecular complexity index is 710. The quantitative estimate of drug-likeness (QED) is 0.790. The number of esters is 1. The first-order valence-corrected chi connectivity index (χ1v) is 8.20. The number of nitrogens with one attached hydrogen (secondary N) is 2. The highest BCUT2D eigenvalue weighted by atomic mass is 32.1. The van der Waals surface area contributed by atoms with Gasteiger partial charge < -0.3 is 10.1 Å². The Balaban J connectivity index is 1.60. The van der Waals surface area contributed by atoms with Crippen molar-refractivity contribution in [2.45, 2.75) is 25.8 Å². The van der Waals surface area contributed by atoms with Crippen molar-refractivity contribution in [3.05, 3.63) is 35.0 Å². The van der Waals surface area contributed by atoms with Crippen molar-refractivity contribution in [3.8, 4) is 0 Å². The fraction of sp³-hybridized carbons (Fsp3) is 0.333. The van der Waals surface area contributed by atoms with Gasteiger partial charge in [0.15, 0.2) is 10.8 Å². The predicted molar refractivity (Wildman–Crippen MR) is 86.9 cm³/mol. The second-order valence-corrected chi connectivity index (χ2v) is 5.92. The minimum absolute atomic E-state index is 0.189. The zero-order valence-corrected chi connectivity index (χ0v) is 13.4. The van der Waals surface area contributed by atoms with E-state index in [4.69, 9.17) is 4.74 Å². The molecule has 2 heterocycles. The van der Waals surface area contributed by atoms with Crippen LogP contribution in [-0.2, 0) is 4.74 Å². The molecule has 0 saturated heterocycles. The number of hydrogen-bond acceptors (Lipinski definition) is 7. The highest BCUT2D eigenvalue weighted by Crippen LogP contribution is 2.23. The third-order valence-electron chi connectivity index (χ3n) is 3.16. The smallest absolute Gasteiger partial charge is 0.357 e. The third kappa shape index (κ3) is 4.04. The maximum absolute atomic E-state index is 12.1. The summed E-state index contributed by atoms with van der Waals surface area (Å²) in [6.07, 6.45) is 3.84. The number of hydrogen-bond donors (Lipinski definition) is 2.